The van der Waals surface area contributed by atoms with Crippen molar-refractivity contribution in [3.05, 3.63) is 35.5 Å². The van der Waals surface area contributed by atoms with Crippen molar-refractivity contribution in [3.8, 4) is 0 Å². The monoisotopic (exact) mass is 355 g/mol. The molecule has 1 N–H and O–H groups in total. The number of carbonyl (C=O) groups is 2. The Hall–Kier alpha value is -2.30. The molecule has 140 valence electrons. The number of rotatable bonds is 3. The fourth-order valence-electron chi connectivity index (χ4n) is 3.91. The molecule has 1 saturated carbocycles. The fourth-order valence-corrected chi connectivity index (χ4v) is 3.91. The predicted molar refractivity (Wildman–Crippen MR) is 105 cm³/mol. The van der Waals surface area contributed by atoms with Gasteiger partial charge in [-0.25, -0.2) is 4.79 Å². The average molecular weight is 355 g/mol. The van der Waals surface area contributed by atoms with Crippen molar-refractivity contribution in [2.45, 2.75) is 45.4 Å². The molecule has 5 heteroatoms. The summed E-state index contributed by atoms with van der Waals surface area (Å²) in [5.41, 5.74) is 2.37. The molecule has 2 aromatic rings. The number of nitrogens with zero attached hydrogens (tertiary/aromatic N) is 2. The molecular weight excluding hydrogens is 326 g/mol. The second kappa shape index (κ2) is 7.94. The van der Waals surface area contributed by atoms with Gasteiger partial charge >= 0.3 is 6.03 Å². The lowest BCUT2D eigenvalue weighted by Gasteiger charge is -2.14. The molecule has 1 aliphatic carbocycles. The topological polar surface area (TPSA) is 54.3 Å². The van der Waals surface area contributed by atoms with Crippen LogP contribution >= 0.6 is 0 Å². The minimum atomic E-state index is -0.150. The number of hydrogen-bond donors (Lipinski definition) is 1. The van der Waals surface area contributed by atoms with Crippen LogP contribution in [0.15, 0.2) is 24.4 Å². The maximum Gasteiger partial charge on any atom is 0.328 e. The molecule has 3 rings (SSSR count). The number of aryl methyl sites for hydroxylation is 1. The molecule has 0 radical (unpaired) electrons. The van der Waals surface area contributed by atoms with Crippen LogP contribution in [0.25, 0.3) is 10.9 Å². The highest BCUT2D eigenvalue weighted by molar-refractivity contribution is 6.10. The van der Waals surface area contributed by atoms with Gasteiger partial charge in [0.25, 0.3) is 5.91 Å². The Labute approximate surface area is 155 Å². The molecule has 1 aliphatic rings. The van der Waals surface area contributed by atoms with Gasteiger partial charge in [-0.2, -0.15) is 0 Å². The summed E-state index contributed by atoms with van der Waals surface area (Å²) in [6, 6.07) is 5.65. The third-order valence-corrected chi connectivity index (χ3v) is 5.40. The molecular formula is C21H29N3O2. The van der Waals surface area contributed by atoms with Gasteiger partial charge in [0, 0.05) is 32.2 Å². The number of amides is 2. The third kappa shape index (κ3) is 3.76. The molecule has 0 bridgehead atoms. The Balaban J connectivity index is 1.86. The summed E-state index contributed by atoms with van der Waals surface area (Å²) in [6.45, 7) is 2.70. The van der Waals surface area contributed by atoms with Crippen molar-refractivity contribution in [1.82, 2.24) is 14.8 Å². The molecule has 26 heavy (non-hydrogen) atoms. The minimum Gasteiger partial charge on any atom is -0.352 e. The van der Waals surface area contributed by atoms with Crippen molar-refractivity contribution < 1.29 is 9.59 Å². The van der Waals surface area contributed by atoms with Gasteiger partial charge in [0.1, 0.15) is 0 Å². The number of aromatic nitrogens is 1. The van der Waals surface area contributed by atoms with Gasteiger partial charge in [-0.15, -0.1) is 0 Å². The van der Waals surface area contributed by atoms with Crippen LogP contribution in [0.2, 0.25) is 0 Å². The van der Waals surface area contributed by atoms with E-state index in [0.29, 0.717) is 11.5 Å². The highest BCUT2D eigenvalue weighted by Crippen LogP contribution is 2.26. The predicted octanol–water partition coefficient (Wildman–Crippen LogP) is 4.18. The van der Waals surface area contributed by atoms with Crippen LogP contribution < -0.4 is 5.32 Å². The van der Waals surface area contributed by atoms with E-state index in [2.05, 4.69) is 5.32 Å². The summed E-state index contributed by atoms with van der Waals surface area (Å²) in [7, 11) is 3.44. The van der Waals surface area contributed by atoms with Crippen LogP contribution in [0.3, 0.4) is 0 Å². The van der Waals surface area contributed by atoms with Crippen LogP contribution in [0.5, 0.6) is 0 Å². The van der Waals surface area contributed by atoms with E-state index in [9.17, 15) is 9.59 Å². The maximum atomic E-state index is 12.9. The summed E-state index contributed by atoms with van der Waals surface area (Å²) < 4.78 is 1.57. The number of benzene rings is 1. The van der Waals surface area contributed by atoms with Gasteiger partial charge in [-0.1, -0.05) is 37.8 Å². The zero-order valence-electron chi connectivity index (χ0n) is 16.0. The molecule has 0 saturated heterocycles. The Morgan fingerprint density at radius 3 is 2.50 bits per heavy atom. The van der Waals surface area contributed by atoms with Gasteiger partial charge < -0.3 is 10.2 Å². The summed E-state index contributed by atoms with van der Waals surface area (Å²) in [6.07, 6.45) is 9.21. The lowest BCUT2D eigenvalue weighted by molar-refractivity contribution is 0.0947. The first-order valence-electron chi connectivity index (χ1n) is 9.59. The van der Waals surface area contributed by atoms with E-state index >= 15 is 0 Å². The molecule has 0 unspecified atom stereocenters. The second-order valence-electron chi connectivity index (χ2n) is 7.63. The maximum absolute atomic E-state index is 12.9. The highest BCUT2D eigenvalue weighted by atomic mass is 16.2. The summed E-state index contributed by atoms with van der Waals surface area (Å²) >= 11 is 0. The Morgan fingerprint density at radius 1 is 1.15 bits per heavy atom. The largest absolute Gasteiger partial charge is 0.352 e. The molecule has 5 nitrogen and oxygen atoms in total. The van der Waals surface area contributed by atoms with Gasteiger partial charge in [0.2, 0.25) is 0 Å². The van der Waals surface area contributed by atoms with Crippen LogP contribution in [0.1, 0.15) is 54.4 Å². The molecule has 2 amide bonds. The summed E-state index contributed by atoms with van der Waals surface area (Å²) in [4.78, 5) is 26.9. The van der Waals surface area contributed by atoms with Gasteiger partial charge in [-0.05, 0) is 37.3 Å². The van der Waals surface area contributed by atoms with Crippen LogP contribution in [0.4, 0.5) is 4.79 Å². The Morgan fingerprint density at radius 2 is 1.85 bits per heavy atom. The molecule has 1 aromatic heterocycles. The summed E-state index contributed by atoms with van der Waals surface area (Å²) in [5, 5.41) is 3.98. The van der Waals surface area contributed by atoms with Crippen molar-refractivity contribution in [2.24, 2.45) is 5.92 Å². The normalized spacial score (nSPS) is 15.7. The van der Waals surface area contributed by atoms with Gasteiger partial charge in [-0.3, -0.25) is 9.36 Å². The van der Waals surface area contributed by atoms with Gasteiger partial charge in [0.15, 0.2) is 0 Å². The Bertz CT molecular complexity index is 799. The van der Waals surface area contributed by atoms with Gasteiger partial charge in [0.05, 0.1) is 11.1 Å². The van der Waals surface area contributed by atoms with E-state index in [1.807, 2.05) is 25.1 Å². The SMILES string of the molecule is Cc1cccc2c1c(C(=O)NCC1CCCCCC1)cn2C(=O)N(C)C. The lowest BCUT2D eigenvalue weighted by atomic mass is 10.00. The van der Waals surface area contributed by atoms with E-state index in [-0.39, 0.29) is 11.9 Å². The third-order valence-electron chi connectivity index (χ3n) is 5.40. The zero-order valence-corrected chi connectivity index (χ0v) is 16.0. The summed E-state index contributed by atoms with van der Waals surface area (Å²) in [5.74, 6) is 0.484. The number of hydrogen-bond acceptors (Lipinski definition) is 2. The van der Waals surface area contributed by atoms with E-state index < -0.39 is 0 Å². The highest BCUT2D eigenvalue weighted by Gasteiger charge is 2.21. The van der Waals surface area contributed by atoms with E-state index in [0.717, 1.165) is 23.0 Å². The smallest absolute Gasteiger partial charge is 0.328 e. The molecule has 0 atom stereocenters. The standard InChI is InChI=1S/C21H29N3O2/c1-15-9-8-12-18-19(15)17(14-24(18)21(26)23(2)3)20(25)22-13-16-10-6-4-5-7-11-16/h8-9,12,14,16H,4-7,10-11,13H2,1-3H3,(H,22,25). The van der Waals surface area contributed by atoms with Crippen LogP contribution in [0, 0.1) is 12.8 Å². The zero-order chi connectivity index (χ0) is 18.7. The quantitative estimate of drug-likeness (QED) is 0.840. The van der Waals surface area contributed by atoms with Crippen molar-refractivity contribution >= 4 is 22.8 Å². The fraction of sp³-hybridized carbons (Fsp3) is 0.524. The average Bonchev–Trinajstić information content (AvgIpc) is 2.82. The van der Waals surface area contributed by atoms with E-state index in [4.69, 9.17) is 0 Å². The first-order valence-corrected chi connectivity index (χ1v) is 9.59. The number of nitrogens with one attached hydrogen (secondary N) is 1. The molecule has 0 spiro atoms. The molecule has 1 fully saturated rings. The second-order valence-corrected chi connectivity index (χ2v) is 7.63. The Kier molecular flexibility index (Phi) is 5.64. The van der Waals surface area contributed by atoms with Crippen molar-refractivity contribution in [2.75, 3.05) is 20.6 Å². The van der Waals surface area contributed by atoms with Crippen molar-refractivity contribution in [1.29, 1.82) is 0 Å². The van der Waals surface area contributed by atoms with E-state index in [1.165, 1.54) is 43.4 Å². The first kappa shape index (κ1) is 18.5. The first-order chi connectivity index (χ1) is 12.5. The molecule has 1 heterocycles. The number of fused-ring (bicyclic) bond motifs is 1. The van der Waals surface area contributed by atoms with Crippen LogP contribution in [-0.4, -0.2) is 42.0 Å². The van der Waals surface area contributed by atoms with Crippen molar-refractivity contribution in [3.63, 3.8) is 0 Å². The van der Waals surface area contributed by atoms with E-state index in [1.54, 1.807) is 24.9 Å². The number of carbonyl (C=O) groups excluding carboxylic acids is 2. The molecule has 0 aliphatic heterocycles. The minimum absolute atomic E-state index is 0.0844. The van der Waals surface area contributed by atoms with Crippen LogP contribution in [-0.2, 0) is 0 Å². The lowest BCUT2D eigenvalue weighted by Crippen LogP contribution is -2.29. The molecule has 1 aromatic carbocycles.